The second kappa shape index (κ2) is 3.06. The van der Waals surface area contributed by atoms with E-state index in [0.29, 0.717) is 0 Å². The normalized spacial score (nSPS) is 7.00. The van der Waals surface area contributed by atoms with Gasteiger partial charge in [0, 0.05) is 0 Å². The minimum absolute atomic E-state index is 0.394. The molecule has 0 fully saturated rings. The number of hydrogen-bond acceptors (Lipinski definition) is 0. The Labute approximate surface area is 45.1 Å². The summed E-state index contributed by atoms with van der Waals surface area (Å²) in [5, 5.41) is 2.43. The van der Waals surface area contributed by atoms with E-state index in [1.807, 2.05) is 0 Å². The first-order chi connectivity index (χ1) is 1.73. The molecule has 0 aliphatic heterocycles. The third-order valence-electron chi connectivity index (χ3n) is 0. The molecule has 0 bridgehead atoms. The van der Waals surface area contributed by atoms with Crippen LogP contribution in [0.4, 0.5) is 0 Å². The van der Waals surface area contributed by atoms with Gasteiger partial charge in [-0.05, 0) is 0 Å². The molecular weight excluding hydrogens is 226 g/mol. The summed E-state index contributed by atoms with van der Waals surface area (Å²) < 4.78 is 0. The van der Waals surface area contributed by atoms with Crippen molar-refractivity contribution in [1.82, 2.24) is 0 Å². The molecule has 0 radical (unpaired) electrons. The molecule has 0 aromatic rings. The molecule has 0 atom stereocenters. The Morgan fingerprint density at radius 1 is 2.00 bits per heavy atom. The Balaban J connectivity index is 2.32. The Hall–Kier alpha value is 1.85. The average molecular weight is 231 g/mol. The second-order valence-corrected chi connectivity index (χ2v) is 37.5. The third-order valence-corrected chi connectivity index (χ3v) is 0. The molecule has 0 N–H and O–H groups in total. The average Bonchev–Trinajstić information content (AvgIpc) is 0.811. The van der Waals surface area contributed by atoms with E-state index < -0.39 is 17.3 Å². The van der Waals surface area contributed by atoms with Crippen LogP contribution in [-0.2, 0) is 32.9 Å². The second-order valence-electron chi connectivity index (χ2n) is 0.908. The van der Waals surface area contributed by atoms with Crippen LogP contribution in [0.2, 0.25) is 0 Å². The predicted octanol–water partition coefficient (Wildman–Crippen LogP) is -2.11. The van der Waals surface area contributed by atoms with Gasteiger partial charge in [-0.3, -0.25) is 0 Å². The Morgan fingerprint density at radius 3 is 2.00 bits per heavy atom. The monoisotopic (exact) mass is 232 g/mol. The fourth-order valence-corrected chi connectivity index (χ4v) is 0. The van der Waals surface area contributed by atoms with Gasteiger partial charge in [0.15, 0.2) is 0 Å². The van der Waals surface area contributed by atoms with Crippen molar-refractivity contribution in [2.45, 2.75) is 0 Å². The zero-order valence-electron chi connectivity index (χ0n) is 2.91. The summed E-state index contributed by atoms with van der Waals surface area (Å²) in [7, 11) is 1.55. The van der Waals surface area contributed by atoms with Crippen LogP contribution < -0.4 is 0 Å². The molecule has 0 saturated heterocycles. The van der Waals surface area contributed by atoms with Gasteiger partial charge in [0.25, 0.3) is 0 Å². The van der Waals surface area contributed by atoms with Crippen LogP contribution in [0.5, 0.6) is 0 Å². The first kappa shape index (κ1) is 5.85. The molecule has 0 amide bonds. The standard InChI is InChI=1S/BH2.Mo.H3Si.Zr/h1H2;;1H3;/q+1;;;-1. The number of hydrogen-bond donors (Lipinski definition) is 0. The predicted molar refractivity (Wildman–Crippen MR) is 18.5 cm³/mol. The zero-order chi connectivity index (χ0) is 3.58. The van der Waals surface area contributed by atoms with Gasteiger partial charge in [-0.2, -0.15) is 0 Å². The van der Waals surface area contributed by atoms with E-state index >= 15 is 0 Å². The fourth-order valence-electron chi connectivity index (χ4n) is 0. The Bertz CT molecular complexity index is 12.8. The van der Waals surface area contributed by atoms with E-state index in [-0.39, 0.29) is 0 Å². The van der Waals surface area contributed by atoms with E-state index in [1.54, 1.807) is 7.37 Å². The molecule has 0 nitrogen and oxygen atoms in total. The fraction of sp³-hybridized carbons (Fsp3) is 0. The molecule has 0 saturated carbocycles. The van der Waals surface area contributed by atoms with Gasteiger partial charge < -0.3 is 0 Å². The zero-order valence-corrected chi connectivity index (χ0v) is 9.37. The Kier molecular flexibility index (Phi) is 4.48. The molecular formula is H5BMoSiZr. The van der Waals surface area contributed by atoms with Crippen molar-refractivity contribution in [3.8, 4) is 0 Å². The van der Waals surface area contributed by atoms with E-state index in [9.17, 15) is 0 Å². The number of rotatable bonds is 0. The van der Waals surface area contributed by atoms with Gasteiger partial charge in [0.1, 0.15) is 0 Å². The van der Waals surface area contributed by atoms with Crippen molar-refractivity contribution in [3.63, 3.8) is 0 Å². The molecule has 0 aromatic carbocycles. The van der Waals surface area contributed by atoms with Crippen LogP contribution in [0, 0.1) is 0 Å². The maximum absolute atomic E-state index is 2.43. The van der Waals surface area contributed by atoms with Crippen LogP contribution in [0.15, 0.2) is 0 Å². The molecule has 4 heavy (non-hydrogen) atoms. The summed E-state index contributed by atoms with van der Waals surface area (Å²) in [5.74, 6) is 0. The van der Waals surface area contributed by atoms with Crippen LogP contribution in [0.3, 0.4) is 0 Å². The molecule has 0 unspecified atom stereocenters. The van der Waals surface area contributed by atoms with E-state index in [4.69, 9.17) is 0 Å². The molecule has 0 spiro atoms. The van der Waals surface area contributed by atoms with Gasteiger partial charge in [0.05, 0.1) is 0 Å². The van der Waals surface area contributed by atoms with Gasteiger partial charge in [-0.15, -0.1) is 0 Å². The van der Waals surface area contributed by atoms with Crippen LogP contribution in [0.1, 0.15) is 0 Å². The van der Waals surface area contributed by atoms with E-state index in [2.05, 4.69) is 21.0 Å². The van der Waals surface area contributed by atoms with Crippen molar-refractivity contribution in [1.29, 1.82) is 0 Å². The summed E-state index contributed by atoms with van der Waals surface area (Å²) in [5.41, 5.74) is 0. The molecule has 4 heteroatoms. The molecule has 22 valence electrons. The SMILES string of the molecule is [BH2][Zr]([SiH3])[Mo]. The third kappa shape index (κ3) is 9.13. The van der Waals surface area contributed by atoms with Gasteiger partial charge in [-0.25, -0.2) is 0 Å². The minimum atomic E-state index is -0.394. The molecule has 0 aromatic heterocycles. The van der Waals surface area contributed by atoms with Gasteiger partial charge in [0.2, 0.25) is 0 Å². The van der Waals surface area contributed by atoms with Crippen molar-refractivity contribution in [2.24, 2.45) is 0 Å². The summed E-state index contributed by atoms with van der Waals surface area (Å²) in [6.07, 6.45) is 0. The summed E-state index contributed by atoms with van der Waals surface area (Å²) >= 11 is 1.97. The van der Waals surface area contributed by atoms with Crippen molar-refractivity contribution in [3.05, 3.63) is 0 Å². The van der Waals surface area contributed by atoms with Gasteiger partial charge in [-0.1, -0.05) is 0 Å². The van der Waals surface area contributed by atoms with Gasteiger partial charge >= 0.3 is 45.6 Å². The molecule has 0 heterocycles. The summed E-state index contributed by atoms with van der Waals surface area (Å²) in [4.78, 5) is 0. The van der Waals surface area contributed by atoms with E-state index in [1.165, 1.54) is 0 Å². The molecule has 0 rings (SSSR count). The first-order valence-corrected chi connectivity index (χ1v) is 19.0. The van der Waals surface area contributed by atoms with Crippen LogP contribution >= 0.6 is 0 Å². The Morgan fingerprint density at radius 2 is 2.00 bits per heavy atom. The van der Waals surface area contributed by atoms with Crippen LogP contribution in [0.25, 0.3) is 0 Å². The van der Waals surface area contributed by atoms with Crippen molar-refractivity contribution in [2.75, 3.05) is 0 Å². The van der Waals surface area contributed by atoms with Crippen LogP contribution in [-0.4, -0.2) is 12.8 Å². The maximum atomic E-state index is 2.43. The first-order valence-electron chi connectivity index (χ1n) is 1.20. The summed E-state index contributed by atoms with van der Waals surface area (Å²) in [6, 6.07) is 0. The summed E-state index contributed by atoms with van der Waals surface area (Å²) in [6.45, 7) is 0. The van der Waals surface area contributed by atoms with E-state index in [0.717, 1.165) is 0 Å². The topological polar surface area (TPSA) is 0 Å². The van der Waals surface area contributed by atoms with Crippen molar-refractivity contribution >= 4 is 12.8 Å². The molecule has 0 aliphatic rings. The molecule has 0 aliphatic carbocycles. The quantitative estimate of drug-likeness (QED) is 0.419. The van der Waals surface area contributed by atoms with Crippen molar-refractivity contribution < 1.29 is 32.9 Å².